The van der Waals surface area contributed by atoms with Crippen LogP contribution in [0.3, 0.4) is 0 Å². The second kappa shape index (κ2) is 8.35. The summed E-state index contributed by atoms with van der Waals surface area (Å²) in [5, 5.41) is 9.45. The molecule has 2 aromatic rings. The Balaban J connectivity index is 1.60. The summed E-state index contributed by atoms with van der Waals surface area (Å²) in [7, 11) is 0. The molecule has 1 aromatic heterocycles. The van der Waals surface area contributed by atoms with Gasteiger partial charge in [0.05, 0.1) is 6.54 Å². The Hall–Kier alpha value is -2.06. The highest BCUT2D eigenvalue weighted by Gasteiger charge is 2.27. The predicted molar refractivity (Wildman–Crippen MR) is 99.0 cm³/mol. The quantitative estimate of drug-likeness (QED) is 0.822. The standard InChI is InChI=1S/C21H26N2O2/c1-3-18-5-7-19(8-6-18)14-22-11-12-23(20(15-22)10-13-24)16-21-9-4-17(2)25-21/h1,4-9,20,24H,10-16H2,2H3/t20-/m1/s1. The lowest BCUT2D eigenvalue weighted by atomic mass is 10.1. The molecule has 0 amide bonds. The average Bonchev–Trinajstić information content (AvgIpc) is 3.03. The molecule has 25 heavy (non-hydrogen) atoms. The number of piperazine rings is 1. The second-order valence-corrected chi connectivity index (χ2v) is 6.73. The van der Waals surface area contributed by atoms with Gasteiger partial charge in [0.15, 0.2) is 0 Å². The zero-order valence-corrected chi connectivity index (χ0v) is 14.8. The third-order valence-corrected chi connectivity index (χ3v) is 4.83. The number of rotatable bonds is 6. The van der Waals surface area contributed by atoms with Gasteiger partial charge in [-0.2, -0.15) is 0 Å². The molecule has 4 heteroatoms. The molecule has 1 aromatic carbocycles. The summed E-state index contributed by atoms with van der Waals surface area (Å²) in [6.07, 6.45) is 6.20. The van der Waals surface area contributed by atoms with Gasteiger partial charge < -0.3 is 9.52 Å². The summed E-state index contributed by atoms with van der Waals surface area (Å²) in [4.78, 5) is 4.88. The van der Waals surface area contributed by atoms with E-state index in [1.54, 1.807) is 0 Å². The lowest BCUT2D eigenvalue weighted by Gasteiger charge is -2.41. The van der Waals surface area contributed by atoms with Crippen LogP contribution in [0.1, 0.15) is 29.1 Å². The second-order valence-electron chi connectivity index (χ2n) is 6.73. The van der Waals surface area contributed by atoms with Crippen molar-refractivity contribution >= 4 is 0 Å². The molecular formula is C21H26N2O2. The van der Waals surface area contributed by atoms with E-state index in [4.69, 9.17) is 10.8 Å². The highest BCUT2D eigenvalue weighted by Crippen LogP contribution is 2.19. The molecular weight excluding hydrogens is 312 g/mol. The first-order valence-electron chi connectivity index (χ1n) is 8.86. The maximum Gasteiger partial charge on any atom is 0.118 e. The summed E-state index contributed by atoms with van der Waals surface area (Å²) >= 11 is 0. The molecule has 0 saturated carbocycles. The molecule has 0 aliphatic carbocycles. The van der Waals surface area contributed by atoms with Gasteiger partial charge in [-0.1, -0.05) is 18.1 Å². The minimum atomic E-state index is 0.211. The van der Waals surface area contributed by atoms with Crippen molar-refractivity contribution in [3.63, 3.8) is 0 Å². The van der Waals surface area contributed by atoms with Crippen LogP contribution in [0.15, 0.2) is 40.8 Å². The number of nitrogens with zero attached hydrogens (tertiary/aromatic N) is 2. The highest BCUT2D eigenvalue weighted by molar-refractivity contribution is 5.34. The zero-order valence-electron chi connectivity index (χ0n) is 14.8. The lowest BCUT2D eigenvalue weighted by molar-refractivity contribution is 0.0454. The molecule has 1 fully saturated rings. The van der Waals surface area contributed by atoms with Gasteiger partial charge in [0.2, 0.25) is 0 Å². The van der Waals surface area contributed by atoms with Crippen LogP contribution in [0.4, 0.5) is 0 Å². The Kier molecular flexibility index (Phi) is 5.93. The van der Waals surface area contributed by atoms with Crippen LogP contribution in [0.25, 0.3) is 0 Å². The van der Waals surface area contributed by atoms with Crippen molar-refractivity contribution in [1.29, 1.82) is 0 Å². The van der Waals surface area contributed by atoms with E-state index >= 15 is 0 Å². The first-order chi connectivity index (χ1) is 12.2. The Morgan fingerprint density at radius 2 is 1.96 bits per heavy atom. The number of aryl methyl sites for hydroxylation is 1. The van der Waals surface area contributed by atoms with Crippen LogP contribution in [0, 0.1) is 19.3 Å². The van der Waals surface area contributed by atoms with Crippen molar-refractivity contribution in [2.24, 2.45) is 0 Å². The topological polar surface area (TPSA) is 39.9 Å². The molecule has 1 aliphatic rings. The number of aliphatic hydroxyl groups excluding tert-OH is 1. The van der Waals surface area contributed by atoms with E-state index in [-0.39, 0.29) is 6.61 Å². The monoisotopic (exact) mass is 338 g/mol. The molecule has 1 N–H and O–H groups in total. The van der Waals surface area contributed by atoms with Crippen molar-refractivity contribution in [1.82, 2.24) is 9.80 Å². The molecule has 0 bridgehead atoms. The largest absolute Gasteiger partial charge is 0.465 e. The van der Waals surface area contributed by atoms with Crippen molar-refractivity contribution in [3.8, 4) is 12.3 Å². The van der Waals surface area contributed by atoms with Gasteiger partial charge in [0.1, 0.15) is 11.5 Å². The van der Waals surface area contributed by atoms with Crippen molar-refractivity contribution in [2.75, 3.05) is 26.2 Å². The Morgan fingerprint density at radius 3 is 2.60 bits per heavy atom. The first-order valence-corrected chi connectivity index (χ1v) is 8.86. The number of terminal acetylenes is 1. The molecule has 0 radical (unpaired) electrons. The summed E-state index contributed by atoms with van der Waals surface area (Å²) in [5.74, 6) is 4.60. The zero-order chi connectivity index (χ0) is 17.6. The maximum atomic E-state index is 9.45. The van der Waals surface area contributed by atoms with E-state index in [0.29, 0.717) is 6.04 Å². The molecule has 132 valence electrons. The minimum absolute atomic E-state index is 0.211. The number of furan rings is 1. The summed E-state index contributed by atoms with van der Waals surface area (Å²) in [6, 6.07) is 12.6. The number of benzene rings is 1. The van der Waals surface area contributed by atoms with Crippen molar-refractivity contribution in [3.05, 3.63) is 59.0 Å². The van der Waals surface area contributed by atoms with Gasteiger partial charge in [-0.3, -0.25) is 9.80 Å². The number of hydrogen-bond donors (Lipinski definition) is 1. The van der Waals surface area contributed by atoms with Gasteiger partial charge in [-0.05, 0) is 43.2 Å². The predicted octanol–water partition coefficient (Wildman–Crippen LogP) is 2.64. The van der Waals surface area contributed by atoms with E-state index in [1.165, 1.54) is 5.56 Å². The van der Waals surface area contributed by atoms with Crippen LogP contribution in [-0.4, -0.2) is 47.2 Å². The van der Waals surface area contributed by atoms with Crippen LogP contribution >= 0.6 is 0 Å². The average molecular weight is 338 g/mol. The normalized spacial score (nSPS) is 19.0. The Labute approximate surface area is 150 Å². The minimum Gasteiger partial charge on any atom is -0.465 e. The van der Waals surface area contributed by atoms with E-state index < -0.39 is 0 Å². The summed E-state index contributed by atoms with van der Waals surface area (Å²) in [5.41, 5.74) is 2.19. The van der Waals surface area contributed by atoms with Crippen LogP contribution in [0.2, 0.25) is 0 Å². The molecule has 0 unspecified atom stereocenters. The first kappa shape index (κ1) is 17.8. The van der Waals surface area contributed by atoms with E-state index in [9.17, 15) is 5.11 Å². The van der Waals surface area contributed by atoms with Crippen molar-refractivity contribution in [2.45, 2.75) is 32.5 Å². The highest BCUT2D eigenvalue weighted by atomic mass is 16.3. The third-order valence-electron chi connectivity index (χ3n) is 4.83. The van der Waals surface area contributed by atoms with Gasteiger partial charge in [-0.15, -0.1) is 6.42 Å². The molecule has 2 heterocycles. The Bertz CT molecular complexity index is 714. The van der Waals surface area contributed by atoms with Crippen LogP contribution in [-0.2, 0) is 13.1 Å². The fourth-order valence-electron chi connectivity index (χ4n) is 3.47. The van der Waals surface area contributed by atoms with Crippen LogP contribution < -0.4 is 0 Å². The fraction of sp³-hybridized carbons (Fsp3) is 0.429. The van der Waals surface area contributed by atoms with E-state index in [2.05, 4.69) is 27.9 Å². The lowest BCUT2D eigenvalue weighted by Crippen LogP contribution is -2.52. The smallest absolute Gasteiger partial charge is 0.118 e. The fourth-order valence-corrected chi connectivity index (χ4v) is 3.47. The molecule has 1 atom stereocenters. The molecule has 1 saturated heterocycles. The number of aliphatic hydroxyl groups is 1. The van der Waals surface area contributed by atoms with Gasteiger partial charge in [-0.25, -0.2) is 0 Å². The van der Waals surface area contributed by atoms with E-state index in [1.807, 2.05) is 31.2 Å². The maximum absolute atomic E-state index is 9.45. The third kappa shape index (κ3) is 4.73. The summed E-state index contributed by atoms with van der Waals surface area (Å²) < 4.78 is 5.72. The van der Waals surface area contributed by atoms with Gasteiger partial charge in [0.25, 0.3) is 0 Å². The molecule has 0 spiro atoms. The van der Waals surface area contributed by atoms with Crippen LogP contribution in [0.5, 0.6) is 0 Å². The number of hydrogen-bond acceptors (Lipinski definition) is 4. The molecule has 4 nitrogen and oxygen atoms in total. The summed E-state index contributed by atoms with van der Waals surface area (Å²) in [6.45, 7) is 6.85. The Morgan fingerprint density at radius 1 is 1.16 bits per heavy atom. The van der Waals surface area contributed by atoms with Crippen molar-refractivity contribution < 1.29 is 9.52 Å². The molecule has 3 rings (SSSR count). The van der Waals surface area contributed by atoms with E-state index in [0.717, 1.165) is 56.2 Å². The van der Waals surface area contributed by atoms with Gasteiger partial charge in [0, 0.05) is 44.4 Å². The SMILES string of the molecule is C#Cc1ccc(CN2CCN(Cc3ccc(C)o3)[C@H](CCO)C2)cc1. The van der Waals surface area contributed by atoms with Gasteiger partial charge >= 0.3 is 0 Å². The molecule has 1 aliphatic heterocycles.